The van der Waals surface area contributed by atoms with Gasteiger partial charge in [0.25, 0.3) is 0 Å². The van der Waals surface area contributed by atoms with Crippen molar-refractivity contribution in [3.05, 3.63) is 47.2 Å². The summed E-state index contributed by atoms with van der Waals surface area (Å²) in [6.45, 7) is 0.941. The van der Waals surface area contributed by atoms with E-state index in [1.165, 1.54) is 12.4 Å². The molecule has 2 amide bonds. The van der Waals surface area contributed by atoms with Crippen LogP contribution in [-0.2, 0) is 13.0 Å². The lowest BCUT2D eigenvalue weighted by Gasteiger charge is -2.28. The number of benzene rings is 1. The highest BCUT2D eigenvalue weighted by molar-refractivity contribution is 5.89. The number of nitrogens with one attached hydrogen (secondary N) is 1. The van der Waals surface area contributed by atoms with Gasteiger partial charge in [-0.3, -0.25) is 0 Å². The fraction of sp³-hybridized carbons (Fsp3) is 0.353. The third kappa shape index (κ3) is 2.77. The number of carbonyl (C=O) groups is 1. The summed E-state index contributed by atoms with van der Waals surface area (Å²) in [5, 5.41) is 2.85. The van der Waals surface area contributed by atoms with Gasteiger partial charge < -0.3 is 16.0 Å². The first-order valence-electron chi connectivity index (χ1n) is 8.05. The number of anilines is 2. The zero-order valence-corrected chi connectivity index (χ0v) is 13.1. The van der Waals surface area contributed by atoms with Crippen LogP contribution in [0.4, 0.5) is 20.7 Å². The maximum atomic E-state index is 13.8. The van der Waals surface area contributed by atoms with Gasteiger partial charge in [0.2, 0.25) is 0 Å². The number of aromatic nitrogens is 2. The summed E-state index contributed by atoms with van der Waals surface area (Å²) in [7, 11) is 0. The normalized spacial score (nSPS) is 16.6. The van der Waals surface area contributed by atoms with E-state index in [0.29, 0.717) is 42.5 Å². The molecule has 2 aromatic rings. The monoisotopic (exact) mass is 327 g/mol. The Morgan fingerprint density at radius 2 is 2.17 bits per heavy atom. The van der Waals surface area contributed by atoms with Crippen molar-refractivity contribution in [3.8, 4) is 0 Å². The van der Waals surface area contributed by atoms with Crippen LogP contribution in [0.3, 0.4) is 0 Å². The highest BCUT2D eigenvalue weighted by Gasteiger charge is 2.27. The van der Waals surface area contributed by atoms with E-state index >= 15 is 0 Å². The molecule has 0 radical (unpaired) electrons. The summed E-state index contributed by atoms with van der Waals surface area (Å²) in [6.07, 6.45) is 4.11. The predicted molar refractivity (Wildman–Crippen MR) is 88.0 cm³/mol. The number of fused-ring (bicyclic) bond motifs is 1. The maximum Gasteiger partial charge on any atom is 0.322 e. The number of nitrogens with zero attached hydrogens (tertiary/aromatic N) is 3. The smallest absolute Gasteiger partial charge is 0.322 e. The molecule has 0 bridgehead atoms. The second kappa shape index (κ2) is 5.74. The van der Waals surface area contributed by atoms with E-state index in [9.17, 15) is 9.18 Å². The molecule has 1 aliphatic carbocycles. The Labute approximate surface area is 138 Å². The van der Waals surface area contributed by atoms with Crippen molar-refractivity contribution >= 4 is 17.5 Å². The number of rotatable bonds is 2. The van der Waals surface area contributed by atoms with Crippen LogP contribution in [0, 0.1) is 5.82 Å². The Balaban J connectivity index is 1.49. The summed E-state index contributed by atoms with van der Waals surface area (Å²) < 4.78 is 13.8. The van der Waals surface area contributed by atoms with Gasteiger partial charge in [-0.05, 0) is 42.5 Å². The summed E-state index contributed by atoms with van der Waals surface area (Å²) in [6, 6.07) is 4.52. The second-order valence-electron chi connectivity index (χ2n) is 6.30. The Morgan fingerprint density at radius 3 is 2.96 bits per heavy atom. The van der Waals surface area contributed by atoms with Crippen molar-refractivity contribution < 1.29 is 9.18 Å². The molecule has 1 aromatic heterocycles. The molecule has 2 aliphatic rings. The number of urea groups is 1. The van der Waals surface area contributed by atoms with Crippen LogP contribution in [0.25, 0.3) is 0 Å². The lowest BCUT2D eigenvalue weighted by Crippen LogP contribution is -2.39. The molecule has 3 N–H and O–H groups in total. The van der Waals surface area contributed by atoms with E-state index in [0.717, 1.165) is 24.1 Å². The van der Waals surface area contributed by atoms with Crippen molar-refractivity contribution in [2.75, 3.05) is 17.6 Å². The van der Waals surface area contributed by atoms with E-state index in [-0.39, 0.29) is 11.8 Å². The quantitative estimate of drug-likeness (QED) is 0.888. The summed E-state index contributed by atoms with van der Waals surface area (Å²) in [5.74, 6) is 0.503. The van der Waals surface area contributed by atoms with E-state index < -0.39 is 0 Å². The molecule has 1 fully saturated rings. The van der Waals surface area contributed by atoms with Crippen molar-refractivity contribution in [1.82, 2.24) is 14.9 Å². The minimum atomic E-state index is -0.225. The molecule has 2 heterocycles. The Hall–Kier alpha value is -2.70. The number of carbonyl (C=O) groups excluding carboxylic acids is 1. The fourth-order valence-electron chi connectivity index (χ4n) is 3.07. The highest BCUT2D eigenvalue weighted by Crippen LogP contribution is 2.42. The molecule has 1 saturated carbocycles. The maximum absolute atomic E-state index is 13.8. The molecular weight excluding hydrogens is 309 g/mol. The van der Waals surface area contributed by atoms with Crippen LogP contribution < -0.4 is 11.1 Å². The standard InChI is InChI=1S/C17H18FN5O/c18-14-4-3-11(7-12(14)10-1-2-10)22-17(24)23-6-5-15-13(8-23)16(19)21-9-20-15/h3-4,7,9-10H,1-2,5-6,8H2,(H,22,24)(H2,19,20,21). The van der Waals surface area contributed by atoms with Crippen molar-refractivity contribution in [3.63, 3.8) is 0 Å². The van der Waals surface area contributed by atoms with Crippen molar-refractivity contribution in [2.24, 2.45) is 0 Å². The lowest BCUT2D eigenvalue weighted by molar-refractivity contribution is 0.206. The fourth-order valence-corrected chi connectivity index (χ4v) is 3.07. The first-order valence-corrected chi connectivity index (χ1v) is 8.05. The van der Waals surface area contributed by atoms with Crippen LogP contribution in [0.2, 0.25) is 0 Å². The Morgan fingerprint density at radius 1 is 1.33 bits per heavy atom. The molecule has 0 saturated heterocycles. The van der Waals surface area contributed by atoms with Gasteiger partial charge in [0, 0.05) is 24.2 Å². The second-order valence-corrected chi connectivity index (χ2v) is 6.30. The van der Waals surface area contributed by atoms with Gasteiger partial charge in [0.1, 0.15) is 18.0 Å². The number of hydrogen-bond donors (Lipinski definition) is 2. The average Bonchev–Trinajstić information content (AvgIpc) is 3.41. The first kappa shape index (κ1) is 14.9. The number of hydrogen-bond acceptors (Lipinski definition) is 4. The van der Waals surface area contributed by atoms with Gasteiger partial charge in [0.15, 0.2) is 0 Å². The summed E-state index contributed by atoms with van der Waals surface area (Å²) >= 11 is 0. The zero-order chi connectivity index (χ0) is 16.7. The molecule has 0 unspecified atom stereocenters. The molecule has 0 atom stereocenters. The van der Waals surface area contributed by atoms with Crippen molar-refractivity contribution in [2.45, 2.75) is 31.7 Å². The van der Waals surface area contributed by atoms with Crippen LogP contribution in [0.5, 0.6) is 0 Å². The molecule has 7 heteroatoms. The molecule has 1 aromatic carbocycles. The minimum absolute atomic E-state index is 0.202. The molecule has 6 nitrogen and oxygen atoms in total. The van der Waals surface area contributed by atoms with E-state index in [4.69, 9.17) is 5.73 Å². The third-order valence-corrected chi connectivity index (χ3v) is 4.59. The first-order chi connectivity index (χ1) is 11.6. The highest BCUT2D eigenvalue weighted by atomic mass is 19.1. The molecular formula is C17H18FN5O. The topological polar surface area (TPSA) is 84.1 Å². The van der Waals surface area contributed by atoms with E-state index in [1.54, 1.807) is 17.0 Å². The Kier molecular flexibility index (Phi) is 3.55. The average molecular weight is 327 g/mol. The molecule has 4 rings (SSSR count). The van der Waals surface area contributed by atoms with Gasteiger partial charge in [0.05, 0.1) is 12.2 Å². The number of nitrogen functional groups attached to an aromatic ring is 1. The molecule has 124 valence electrons. The van der Waals surface area contributed by atoms with Crippen molar-refractivity contribution in [1.29, 1.82) is 0 Å². The van der Waals surface area contributed by atoms with Crippen LogP contribution >= 0.6 is 0 Å². The Bertz CT molecular complexity index is 806. The van der Waals surface area contributed by atoms with Gasteiger partial charge in [-0.2, -0.15) is 0 Å². The number of halogens is 1. The van der Waals surface area contributed by atoms with E-state index in [1.807, 2.05) is 0 Å². The molecule has 1 aliphatic heterocycles. The van der Waals surface area contributed by atoms with Crippen LogP contribution in [-0.4, -0.2) is 27.4 Å². The SMILES string of the molecule is Nc1ncnc2c1CN(C(=O)Nc1ccc(F)c(C3CC3)c1)CC2. The summed E-state index contributed by atoms with van der Waals surface area (Å²) in [4.78, 5) is 22.4. The molecule has 24 heavy (non-hydrogen) atoms. The van der Waals surface area contributed by atoms with Gasteiger partial charge in [-0.1, -0.05) is 0 Å². The summed E-state index contributed by atoms with van der Waals surface area (Å²) in [5.41, 5.74) is 8.88. The molecule has 0 spiro atoms. The predicted octanol–water partition coefficient (Wildman–Crippen LogP) is 2.67. The van der Waals surface area contributed by atoms with Crippen LogP contribution in [0.15, 0.2) is 24.5 Å². The lowest BCUT2D eigenvalue weighted by atomic mass is 10.1. The van der Waals surface area contributed by atoms with Gasteiger partial charge in [-0.25, -0.2) is 19.2 Å². The van der Waals surface area contributed by atoms with Gasteiger partial charge >= 0.3 is 6.03 Å². The number of amides is 2. The minimum Gasteiger partial charge on any atom is -0.383 e. The zero-order valence-electron chi connectivity index (χ0n) is 13.1. The van der Waals surface area contributed by atoms with Crippen LogP contribution in [0.1, 0.15) is 35.6 Å². The number of nitrogens with two attached hydrogens (primary N) is 1. The third-order valence-electron chi connectivity index (χ3n) is 4.59. The largest absolute Gasteiger partial charge is 0.383 e. The van der Waals surface area contributed by atoms with Gasteiger partial charge in [-0.15, -0.1) is 0 Å². The van der Waals surface area contributed by atoms with E-state index in [2.05, 4.69) is 15.3 Å².